The summed E-state index contributed by atoms with van der Waals surface area (Å²) in [6.07, 6.45) is 1.94. The molecule has 0 radical (unpaired) electrons. The first kappa shape index (κ1) is 16.2. The molecule has 0 aliphatic carbocycles. The van der Waals surface area contributed by atoms with Crippen LogP contribution in [0.4, 0.5) is 0 Å². The highest BCUT2D eigenvalue weighted by Crippen LogP contribution is 2.23. The van der Waals surface area contributed by atoms with Crippen molar-refractivity contribution >= 4 is 37.8 Å². The van der Waals surface area contributed by atoms with Crippen LogP contribution in [0.5, 0.6) is 0 Å². The summed E-state index contributed by atoms with van der Waals surface area (Å²) in [5.41, 5.74) is 2.00. The zero-order valence-electron chi connectivity index (χ0n) is 11.9. The average Bonchev–Trinajstić information content (AvgIpc) is 2.47. The van der Waals surface area contributed by atoms with Crippen LogP contribution in [0.1, 0.15) is 22.3 Å². The van der Waals surface area contributed by atoms with Crippen LogP contribution in [0, 0.1) is 0 Å². The van der Waals surface area contributed by atoms with E-state index in [1.807, 2.05) is 43.4 Å². The Hall–Kier alpha value is -1.13. The number of benzene rings is 2. The van der Waals surface area contributed by atoms with Crippen LogP contribution in [0.2, 0.25) is 0 Å². The average molecular weight is 411 g/mol. The van der Waals surface area contributed by atoms with E-state index in [9.17, 15) is 4.79 Å². The first-order chi connectivity index (χ1) is 10.1. The van der Waals surface area contributed by atoms with Gasteiger partial charge in [-0.15, -0.1) is 0 Å². The van der Waals surface area contributed by atoms with Gasteiger partial charge in [0.1, 0.15) is 0 Å². The molecule has 0 atom stereocenters. The van der Waals surface area contributed by atoms with E-state index in [-0.39, 0.29) is 5.91 Å². The summed E-state index contributed by atoms with van der Waals surface area (Å²) >= 11 is 6.84. The molecular weight excluding hydrogens is 394 g/mol. The highest BCUT2D eigenvalue weighted by atomic mass is 79.9. The maximum absolute atomic E-state index is 12.4. The third-order valence-corrected chi connectivity index (χ3v) is 4.46. The largest absolute Gasteiger partial charge is 0.342 e. The van der Waals surface area contributed by atoms with Gasteiger partial charge in [-0.2, -0.15) is 0 Å². The molecule has 0 unspecified atom stereocenters. The van der Waals surface area contributed by atoms with Gasteiger partial charge >= 0.3 is 0 Å². The van der Waals surface area contributed by atoms with Crippen LogP contribution in [-0.4, -0.2) is 24.4 Å². The Labute approximate surface area is 142 Å². The summed E-state index contributed by atoms with van der Waals surface area (Å²) in [7, 11) is 1.85. The van der Waals surface area contributed by atoms with Gasteiger partial charge in [0, 0.05) is 22.5 Å². The van der Waals surface area contributed by atoms with E-state index in [4.69, 9.17) is 0 Å². The second-order valence-electron chi connectivity index (χ2n) is 4.94. The SMILES string of the molecule is CN(CCCc1ccccc1)C(=O)c1ccc(Br)cc1Br. The number of hydrogen-bond acceptors (Lipinski definition) is 1. The smallest absolute Gasteiger partial charge is 0.254 e. The number of carbonyl (C=O) groups is 1. The van der Waals surface area contributed by atoms with E-state index in [1.54, 1.807) is 4.90 Å². The van der Waals surface area contributed by atoms with Gasteiger partial charge in [0.25, 0.3) is 5.91 Å². The molecule has 2 nitrogen and oxygen atoms in total. The van der Waals surface area contributed by atoms with Crippen molar-refractivity contribution in [2.24, 2.45) is 0 Å². The van der Waals surface area contributed by atoms with Gasteiger partial charge in [-0.1, -0.05) is 46.3 Å². The number of amides is 1. The zero-order chi connectivity index (χ0) is 15.2. The van der Waals surface area contributed by atoms with Gasteiger partial charge in [-0.05, 0) is 52.5 Å². The standard InChI is InChI=1S/C17H17Br2NO/c1-20(11-5-8-13-6-3-2-4-7-13)17(21)15-10-9-14(18)12-16(15)19/h2-4,6-7,9-10,12H,5,8,11H2,1H3. The monoisotopic (exact) mass is 409 g/mol. The third-order valence-electron chi connectivity index (χ3n) is 3.31. The van der Waals surface area contributed by atoms with Gasteiger partial charge in [-0.25, -0.2) is 0 Å². The first-order valence-corrected chi connectivity index (χ1v) is 8.41. The van der Waals surface area contributed by atoms with Crippen molar-refractivity contribution in [3.63, 3.8) is 0 Å². The predicted octanol–water partition coefficient (Wildman–Crippen LogP) is 4.92. The molecule has 0 saturated heterocycles. The lowest BCUT2D eigenvalue weighted by Gasteiger charge is -2.18. The fourth-order valence-corrected chi connectivity index (χ4v) is 3.35. The number of hydrogen-bond donors (Lipinski definition) is 0. The number of nitrogens with zero attached hydrogens (tertiary/aromatic N) is 1. The predicted molar refractivity (Wildman–Crippen MR) is 93.6 cm³/mol. The summed E-state index contributed by atoms with van der Waals surface area (Å²) in [6.45, 7) is 0.746. The highest BCUT2D eigenvalue weighted by molar-refractivity contribution is 9.11. The quantitative estimate of drug-likeness (QED) is 0.685. The number of carbonyl (C=O) groups excluding carboxylic acids is 1. The van der Waals surface area contributed by atoms with Crippen LogP contribution < -0.4 is 0 Å². The van der Waals surface area contributed by atoms with Crippen molar-refractivity contribution in [2.75, 3.05) is 13.6 Å². The molecule has 110 valence electrons. The van der Waals surface area contributed by atoms with Gasteiger partial charge in [0.2, 0.25) is 0 Å². The maximum atomic E-state index is 12.4. The highest BCUT2D eigenvalue weighted by Gasteiger charge is 2.14. The van der Waals surface area contributed by atoms with E-state index in [0.29, 0.717) is 5.56 Å². The minimum Gasteiger partial charge on any atom is -0.342 e. The third kappa shape index (κ3) is 4.68. The van der Waals surface area contributed by atoms with E-state index in [1.165, 1.54) is 5.56 Å². The molecule has 0 fully saturated rings. The Balaban J connectivity index is 1.90. The lowest BCUT2D eigenvalue weighted by atomic mass is 10.1. The normalized spacial score (nSPS) is 10.4. The first-order valence-electron chi connectivity index (χ1n) is 6.82. The number of halogens is 2. The molecule has 0 saturated carbocycles. The summed E-state index contributed by atoms with van der Waals surface area (Å²) < 4.78 is 1.77. The molecule has 0 spiro atoms. The summed E-state index contributed by atoms with van der Waals surface area (Å²) in [4.78, 5) is 14.2. The Morgan fingerprint density at radius 3 is 2.48 bits per heavy atom. The molecule has 0 aliphatic heterocycles. The van der Waals surface area contributed by atoms with E-state index in [0.717, 1.165) is 28.3 Å². The summed E-state index contributed by atoms with van der Waals surface area (Å²) in [6, 6.07) is 16.0. The minimum absolute atomic E-state index is 0.0439. The minimum atomic E-state index is 0.0439. The summed E-state index contributed by atoms with van der Waals surface area (Å²) in [5, 5.41) is 0. The fraction of sp³-hybridized carbons (Fsp3) is 0.235. The van der Waals surface area contributed by atoms with Crippen molar-refractivity contribution in [1.29, 1.82) is 0 Å². The number of rotatable bonds is 5. The number of aryl methyl sites for hydroxylation is 1. The fourth-order valence-electron chi connectivity index (χ4n) is 2.14. The van der Waals surface area contributed by atoms with E-state index >= 15 is 0 Å². The van der Waals surface area contributed by atoms with Crippen LogP contribution in [-0.2, 0) is 6.42 Å². The van der Waals surface area contributed by atoms with E-state index in [2.05, 4.69) is 44.0 Å². The van der Waals surface area contributed by atoms with Gasteiger partial charge in [-0.3, -0.25) is 4.79 Å². The zero-order valence-corrected chi connectivity index (χ0v) is 15.0. The molecule has 0 aliphatic rings. The second kappa shape index (κ2) is 7.76. The Bertz CT molecular complexity index is 613. The van der Waals surface area contributed by atoms with Crippen molar-refractivity contribution in [2.45, 2.75) is 12.8 Å². The molecule has 4 heteroatoms. The van der Waals surface area contributed by atoms with Gasteiger partial charge in [0.15, 0.2) is 0 Å². The molecule has 0 aromatic heterocycles. The topological polar surface area (TPSA) is 20.3 Å². The van der Waals surface area contributed by atoms with Gasteiger partial charge in [0.05, 0.1) is 5.56 Å². The summed E-state index contributed by atoms with van der Waals surface area (Å²) in [5.74, 6) is 0.0439. The lowest BCUT2D eigenvalue weighted by Crippen LogP contribution is -2.28. The van der Waals surface area contributed by atoms with Crippen molar-refractivity contribution in [3.8, 4) is 0 Å². The Morgan fingerprint density at radius 1 is 1.10 bits per heavy atom. The van der Waals surface area contributed by atoms with Crippen LogP contribution >= 0.6 is 31.9 Å². The Morgan fingerprint density at radius 2 is 1.81 bits per heavy atom. The molecule has 2 rings (SSSR count). The van der Waals surface area contributed by atoms with Crippen molar-refractivity contribution in [1.82, 2.24) is 4.90 Å². The molecule has 0 bridgehead atoms. The Kier molecular flexibility index (Phi) is 6.00. The van der Waals surface area contributed by atoms with Crippen LogP contribution in [0.15, 0.2) is 57.5 Å². The molecule has 21 heavy (non-hydrogen) atoms. The van der Waals surface area contributed by atoms with Crippen molar-refractivity contribution in [3.05, 3.63) is 68.6 Å². The van der Waals surface area contributed by atoms with Gasteiger partial charge < -0.3 is 4.90 Å². The lowest BCUT2D eigenvalue weighted by molar-refractivity contribution is 0.0792. The molecule has 0 heterocycles. The van der Waals surface area contributed by atoms with Crippen LogP contribution in [0.25, 0.3) is 0 Å². The molecule has 2 aromatic rings. The van der Waals surface area contributed by atoms with E-state index < -0.39 is 0 Å². The molecule has 1 amide bonds. The van der Waals surface area contributed by atoms with Crippen molar-refractivity contribution < 1.29 is 4.79 Å². The molecule has 0 N–H and O–H groups in total. The maximum Gasteiger partial charge on any atom is 0.254 e. The molecular formula is C17H17Br2NO. The second-order valence-corrected chi connectivity index (χ2v) is 6.71. The molecule has 2 aromatic carbocycles. The van der Waals surface area contributed by atoms with Crippen LogP contribution in [0.3, 0.4) is 0 Å².